The highest BCUT2D eigenvalue weighted by Gasteiger charge is 2.38. The number of thioether (sulfide) groups is 1. The number of ether oxygens (including phenoxy) is 6. The summed E-state index contributed by atoms with van der Waals surface area (Å²) in [5, 5.41) is 14.5. The summed E-state index contributed by atoms with van der Waals surface area (Å²) in [6, 6.07) is 14.3. The van der Waals surface area contributed by atoms with Crippen molar-refractivity contribution in [2.24, 2.45) is 64.1 Å². The Balaban J connectivity index is -0.000000301. The molecule has 5 unspecified atom stereocenters. The number of carbonyl (C=O) groups excluding carboxylic acids is 8. The minimum Gasteiger partial charge on any atom is -0.465 e. The summed E-state index contributed by atoms with van der Waals surface area (Å²) < 4.78 is 35.8. The number of nitrogens with zero attached hydrogens (tertiary/aromatic N) is 4. The number of benzene rings is 1. The second-order valence-electron chi connectivity index (χ2n) is 48.4. The van der Waals surface area contributed by atoms with Crippen LogP contribution < -0.4 is 20.8 Å². The van der Waals surface area contributed by atoms with Crippen LogP contribution >= 0.6 is 18.3 Å². The molecular weight excluding hydrogens is 1870 g/mol. The average molecular weight is 2110 g/mol. The van der Waals surface area contributed by atoms with Gasteiger partial charge in [0.05, 0.1) is 93.2 Å². The van der Waals surface area contributed by atoms with Crippen molar-refractivity contribution in [3.05, 3.63) is 48.0 Å². The zero-order chi connectivity index (χ0) is 115. The Bertz CT molecular complexity index is 3440. The molecule has 0 radical (unpaired) electrons. The van der Waals surface area contributed by atoms with E-state index >= 15 is 0 Å². The van der Waals surface area contributed by atoms with Crippen LogP contribution in [0.4, 0.5) is 0 Å². The third-order valence-electron chi connectivity index (χ3n) is 23.1. The first-order valence-corrected chi connectivity index (χ1v) is 60.3. The van der Waals surface area contributed by atoms with Crippen LogP contribution in [-0.2, 0) is 85.0 Å². The van der Waals surface area contributed by atoms with Gasteiger partial charge in [0.25, 0.3) is 0 Å². The first-order valence-electron chi connectivity index (χ1n) is 56.5. The number of carbonyl (C=O) groups is 8. The normalized spacial score (nSPS) is 13.3. The van der Waals surface area contributed by atoms with Crippen molar-refractivity contribution in [2.75, 3.05) is 64.9 Å². The molecule has 1 aromatic carbocycles. The van der Waals surface area contributed by atoms with Crippen molar-refractivity contribution in [3.8, 4) is 0 Å². The topological polar surface area (TPSA) is 253 Å². The molecule has 1 rings (SSSR count). The number of unbranched alkanes of at least 4 members (excludes halogenated alkanes) is 4. The van der Waals surface area contributed by atoms with Gasteiger partial charge in [-0.15, -0.1) is 11.8 Å². The quantitative estimate of drug-likeness (QED) is 0.0205. The Kier molecular flexibility index (Phi) is 91.3. The molecule has 0 bridgehead atoms. The second kappa shape index (κ2) is 85.8. The maximum atomic E-state index is 12.7. The average Bonchev–Trinajstić information content (AvgIpc) is 0.824. The molecule has 0 amide bonds. The number of hydrogen-bond donors (Lipinski definition) is 4. The second-order valence-corrected chi connectivity index (χ2v) is 53.7. The summed E-state index contributed by atoms with van der Waals surface area (Å²) >= 11 is 7.56. The predicted molar refractivity (Wildman–Crippen MR) is 630 cm³/mol. The molecule has 0 aliphatic carbocycles. The highest BCUT2D eigenvalue weighted by atomic mass is 32.4. The van der Waals surface area contributed by atoms with Gasteiger partial charge in [0.1, 0.15) is 36.6 Å². The van der Waals surface area contributed by atoms with E-state index in [1.54, 1.807) is 16.7 Å². The molecule has 0 aliphatic rings. The van der Waals surface area contributed by atoms with Gasteiger partial charge in [-0.05, 0) is 251 Å². The predicted octanol–water partition coefficient (Wildman–Crippen LogP) is 27.6. The van der Waals surface area contributed by atoms with Gasteiger partial charge >= 0.3 is 11.9 Å². The Morgan fingerprint density at radius 2 is 0.890 bits per heavy atom. The van der Waals surface area contributed by atoms with Crippen LogP contribution in [0, 0.1) is 64.1 Å². The van der Waals surface area contributed by atoms with Gasteiger partial charge in [0.15, 0.2) is 17.3 Å². The lowest BCUT2D eigenvalue weighted by Crippen LogP contribution is -2.51. The van der Waals surface area contributed by atoms with Crippen molar-refractivity contribution in [3.63, 3.8) is 0 Å². The lowest BCUT2D eigenvalue weighted by molar-refractivity contribution is -0.157. The zero-order valence-corrected chi connectivity index (χ0v) is 107. The van der Waals surface area contributed by atoms with Gasteiger partial charge in [0, 0.05) is 115 Å². The van der Waals surface area contributed by atoms with E-state index in [0.29, 0.717) is 127 Å². The number of rotatable bonds is 67. The van der Waals surface area contributed by atoms with E-state index in [1.165, 1.54) is 49.7 Å². The zero-order valence-electron chi connectivity index (χ0n) is 104. The van der Waals surface area contributed by atoms with E-state index in [9.17, 15) is 38.4 Å². The molecular formula is C120H239N8O14PS2. The maximum Gasteiger partial charge on any atom is 0.315 e. The van der Waals surface area contributed by atoms with Crippen molar-refractivity contribution < 1.29 is 66.8 Å². The van der Waals surface area contributed by atoms with Crippen molar-refractivity contribution >= 4 is 76.7 Å². The van der Waals surface area contributed by atoms with Gasteiger partial charge in [0.2, 0.25) is 0 Å². The van der Waals surface area contributed by atoms with Crippen molar-refractivity contribution in [1.82, 2.24) is 40.2 Å². The smallest absolute Gasteiger partial charge is 0.315 e. The molecule has 860 valence electrons. The highest BCUT2D eigenvalue weighted by molar-refractivity contribution is 8.11. The number of nitrogens with one attached hydrogen (secondary N) is 4. The summed E-state index contributed by atoms with van der Waals surface area (Å²) in [6.07, 6.45) is 13.5. The molecule has 4 N–H and O–H groups in total. The standard InChI is InChI=1S/C20H40O2.C18H29NO.C16H29NO3.C15H31NO.C14H28O4S.C13H32N3PS.C12H25NO2.C12H25NO/c1-16(2)12-10-8-9-11-13-22-19(21)20(7,14-17(3)4)15-18(5)6;1-13(2)18(20)17(19(14(3)4)15(5)6)12-16-10-8-7-9-11-16;1-11(2)13(18)8-17(9-14(19)12(3)4)10-15(20)16(5,6)7;1-10(2)14(8)15(16-11(3)4)9-13(7)17-12(5)6;1-10(2)16-7-13(18-11(3)4)8-17-14(15)9-19-12(5)6;1-8-9-10-16(13(6)7)17(18,14-11(2)3)15-12(4)5;1-8(2)12(14)11(13-9(3)4)7-15-10(5)6;1-9(2)12(14)7-8-13(10(3)4)11(5)6/h16-18H,8-15H2,1-7H3;7-11,13-15,17H,12H2,1-6H3;11-12H,8-10H2,1-7H3;10-13,15-16H,8-9H2,1-7H3;10-13H,7-9H2,1-6H3;11-13H,8-10H2,1-7H3,(H2,14,15,18);8-11,13H,7H2,1-6H3;9-11H,7-8H2,1-6H3. The monoisotopic (exact) mass is 2110 g/mol. The fourth-order valence-corrected chi connectivity index (χ4v) is 21.3. The van der Waals surface area contributed by atoms with Crippen LogP contribution in [0.15, 0.2) is 42.5 Å². The summed E-state index contributed by atoms with van der Waals surface area (Å²) in [7, 11) is 0. The Hall–Kier alpha value is -3.56. The molecule has 0 saturated carbocycles. The summed E-state index contributed by atoms with van der Waals surface area (Å²) in [5.74, 6) is 3.79. The molecule has 22 nitrogen and oxygen atoms in total. The van der Waals surface area contributed by atoms with E-state index in [-0.39, 0.29) is 145 Å². The summed E-state index contributed by atoms with van der Waals surface area (Å²) in [4.78, 5) is 102. The SMILES string of the molecule is C=C(C(C)C)C(CC(C)OC(C)C)NC(C)C.CC(C)C(=O)C(Cc1ccccc1)N(C(C)C)C(C)C.CC(C)C(=O)CCN(C(C)C)C(C)C.CC(C)C(=O)CN(CC(=O)C(C)C)CC(=O)C(C)(C)C.CC(C)CCCCCCOC(=O)C(C)(CC(C)C)CC(C)C.CC(C)NC(COC(C)C)C(=O)C(C)C.CC(C)OCC(COC(=O)CSC(C)C)OC(C)C.CCCCN(C(C)C)P(=S)(NC(C)C)NC(C)C. The minimum atomic E-state index is -1.86. The molecule has 145 heavy (non-hydrogen) atoms. The molecule has 0 fully saturated rings. The van der Waals surface area contributed by atoms with E-state index in [1.807, 2.05) is 164 Å². The molecule has 0 spiro atoms. The lowest BCUT2D eigenvalue weighted by atomic mass is 9.76. The van der Waals surface area contributed by atoms with Crippen LogP contribution in [0.3, 0.4) is 0 Å². The molecule has 5 atom stereocenters. The van der Waals surface area contributed by atoms with Crippen LogP contribution in [0.5, 0.6) is 0 Å². The third kappa shape index (κ3) is 85.5. The van der Waals surface area contributed by atoms with Gasteiger partial charge < -0.3 is 39.1 Å². The Morgan fingerprint density at radius 3 is 1.25 bits per heavy atom. The maximum absolute atomic E-state index is 12.7. The Morgan fingerprint density at radius 1 is 0.448 bits per heavy atom. The number of Topliss-reactive ketones (excluding diaryl/α,β-unsaturated/α-hetero) is 6. The lowest BCUT2D eigenvalue weighted by Gasteiger charge is -2.41. The van der Waals surface area contributed by atoms with Crippen molar-refractivity contribution in [2.45, 2.75) is 551 Å². The molecule has 0 aliphatic heterocycles. The van der Waals surface area contributed by atoms with Gasteiger partial charge in [-0.2, -0.15) is 0 Å². The van der Waals surface area contributed by atoms with E-state index < -0.39 is 11.9 Å². The van der Waals surface area contributed by atoms with Gasteiger partial charge in [-0.25, -0.2) is 4.67 Å². The van der Waals surface area contributed by atoms with Crippen LogP contribution in [0.2, 0.25) is 0 Å². The number of ketones is 6. The fraction of sp³-hybridized carbons (Fsp3) is 0.867. The van der Waals surface area contributed by atoms with Crippen LogP contribution in [-0.4, -0.2) is 245 Å². The summed E-state index contributed by atoms with van der Waals surface area (Å²) in [5.41, 5.74) is 1.73. The molecule has 25 heteroatoms. The third-order valence-corrected chi connectivity index (χ3v) is 28.6. The molecule has 0 aromatic heterocycles. The van der Waals surface area contributed by atoms with Gasteiger partial charge in [-0.3, -0.25) is 63.2 Å². The van der Waals surface area contributed by atoms with Crippen LogP contribution in [0.25, 0.3) is 0 Å². The first-order chi connectivity index (χ1) is 66.4. The Labute approximate surface area is 906 Å². The van der Waals surface area contributed by atoms with E-state index in [0.717, 1.165) is 51.1 Å². The molecule has 0 saturated heterocycles. The molecule has 1 aromatic rings. The minimum absolute atomic E-state index is 0.0112. The largest absolute Gasteiger partial charge is 0.465 e. The van der Waals surface area contributed by atoms with E-state index in [2.05, 4.69) is 269 Å². The molecule has 0 heterocycles. The number of hydrogen-bond acceptors (Lipinski definition) is 21. The highest BCUT2D eigenvalue weighted by Crippen LogP contribution is 2.45. The fourth-order valence-electron chi connectivity index (χ4n) is 15.8. The summed E-state index contributed by atoms with van der Waals surface area (Å²) in [6.45, 7) is 114. The van der Waals surface area contributed by atoms with E-state index in [4.69, 9.17) is 40.2 Å². The van der Waals surface area contributed by atoms with Gasteiger partial charge in [-0.1, -0.05) is 268 Å². The first kappa shape index (κ1) is 154. The van der Waals surface area contributed by atoms with Crippen molar-refractivity contribution in [1.29, 1.82) is 0 Å². The van der Waals surface area contributed by atoms with Crippen LogP contribution in [0.1, 0.15) is 436 Å². The number of esters is 2.